The number of benzene rings is 2. The number of hydrogen-bond donors (Lipinski definition) is 1. The molecule has 110 valence electrons. The molecule has 2 atom stereocenters. The SMILES string of the molecule is O=S(=O)(c1ccc(Br)cc1)C1CCc2ccccc2C1O. The van der Waals surface area contributed by atoms with Crippen molar-refractivity contribution in [3.8, 4) is 0 Å². The predicted octanol–water partition coefficient (Wildman–Crippen LogP) is 3.27. The van der Waals surface area contributed by atoms with E-state index >= 15 is 0 Å². The number of rotatable bonds is 2. The van der Waals surface area contributed by atoms with Crippen LogP contribution < -0.4 is 0 Å². The van der Waals surface area contributed by atoms with Crippen LogP contribution in [-0.4, -0.2) is 18.8 Å². The summed E-state index contributed by atoms with van der Waals surface area (Å²) in [6.07, 6.45) is 0.146. The van der Waals surface area contributed by atoms with Gasteiger partial charge in [-0.15, -0.1) is 0 Å². The van der Waals surface area contributed by atoms with E-state index in [4.69, 9.17) is 0 Å². The highest BCUT2D eigenvalue weighted by Gasteiger charge is 2.38. The lowest BCUT2D eigenvalue weighted by Crippen LogP contribution is -2.33. The number of aryl methyl sites for hydroxylation is 1. The van der Waals surface area contributed by atoms with E-state index in [9.17, 15) is 13.5 Å². The molecule has 0 heterocycles. The number of aliphatic hydroxyl groups is 1. The Morgan fingerprint density at radius 3 is 2.43 bits per heavy atom. The fraction of sp³-hybridized carbons (Fsp3) is 0.250. The highest BCUT2D eigenvalue weighted by Crippen LogP contribution is 2.36. The van der Waals surface area contributed by atoms with Crippen molar-refractivity contribution in [3.63, 3.8) is 0 Å². The van der Waals surface area contributed by atoms with E-state index in [1.165, 1.54) is 0 Å². The summed E-state index contributed by atoms with van der Waals surface area (Å²) in [5, 5.41) is 9.70. The number of halogens is 1. The van der Waals surface area contributed by atoms with Crippen LogP contribution in [-0.2, 0) is 16.3 Å². The summed E-state index contributed by atoms with van der Waals surface area (Å²) in [7, 11) is -3.54. The third-order valence-corrected chi connectivity index (χ3v) is 6.71. The predicted molar refractivity (Wildman–Crippen MR) is 84.8 cm³/mol. The summed E-state index contributed by atoms with van der Waals surface area (Å²) in [5.41, 5.74) is 1.77. The fourth-order valence-electron chi connectivity index (χ4n) is 2.83. The molecule has 2 aromatic rings. The number of fused-ring (bicyclic) bond motifs is 1. The van der Waals surface area contributed by atoms with Gasteiger partial charge in [0, 0.05) is 4.47 Å². The van der Waals surface area contributed by atoms with E-state index in [1.807, 2.05) is 24.3 Å². The summed E-state index contributed by atoms with van der Waals surface area (Å²) < 4.78 is 26.3. The summed E-state index contributed by atoms with van der Waals surface area (Å²) in [5.74, 6) is 0. The van der Waals surface area contributed by atoms with Gasteiger partial charge in [-0.3, -0.25) is 0 Å². The van der Waals surface area contributed by atoms with Crippen molar-refractivity contribution in [2.75, 3.05) is 0 Å². The second-order valence-corrected chi connectivity index (χ2v) is 8.30. The summed E-state index contributed by atoms with van der Waals surface area (Å²) >= 11 is 3.30. The van der Waals surface area contributed by atoms with E-state index in [0.717, 1.165) is 15.6 Å². The van der Waals surface area contributed by atoms with Crippen LogP contribution in [0.3, 0.4) is 0 Å². The van der Waals surface area contributed by atoms with Crippen molar-refractivity contribution in [1.29, 1.82) is 0 Å². The zero-order chi connectivity index (χ0) is 15.0. The number of sulfone groups is 1. The van der Waals surface area contributed by atoms with Gasteiger partial charge in [0.05, 0.1) is 16.2 Å². The highest BCUT2D eigenvalue weighted by atomic mass is 79.9. The van der Waals surface area contributed by atoms with Crippen LogP contribution in [0.25, 0.3) is 0 Å². The normalized spacial score (nSPS) is 21.8. The van der Waals surface area contributed by atoms with E-state index < -0.39 is 21.2 Å². The Bertz CT molecular complexity index is 753. The monoisotopic (exact) mass is 366 g/mol. The van der Waals surface area contributed by atoms with Gasteiger partial charge in [0.1, 0.15) is 0 Å². The van der Waals surface area contributed by atoms with Gasteiger partial charge in [-0.1, -0.05) is 40.2 Å². The van der Waals surface area contributed by atoms with E-state index in [2.05, 4.69) is 15.9 Å². The van der Waals surface area contributed by atoms with Crippen LogP contribution in [0.15, 0.2) is 57.9 Å². The molecule has 0 saturated heterocycles. The molecular formula is C16H15BrO3S. The molecule has 0 aromatic heterocycles. The fourth-order valence-corrected chi connectivity index (χ4v) is 4.87. The molecule has 0 fully saturated rings. The van der Waals surface area contributed by atoms with Crippen LogP contribution in [0.2, 0.25) is 0 Å². The van der Waals surface area contributed by atoms with Crippen LogP contribution >= 0.6 is 15.9 Å². The molecule has 3 rings (SSSR count). The quantitative estimate of drug-likeness (QED) is 0.887. The first-order valence-corrected chi connectivity index (χ1v) is 9.09. The lowest BCUT2D eigenvalue weighted by molar-refractivity contribution is 0.159. The van der Waals surface area contributed by atoms with Gasteiger partial charge < -0.3 is 5.11 Å². The Hall–Kier alpha value is -1.17. The lowest BCUT2D eigenvalue weighted by atomic mass is 9.89. The largest absolute Gasteiger partial charge is 0.387 e. The molecule has 3 nitrogen and oxygen atoms in total. The third-order valence-electron chi connectivity index (χ3n) is 3.96. The van der Waals surface area contributed by atoms with Gasteiger partial charge in [-0.05, 0) is 48.2 Å². The van der Waals surface area contributed by atoms with Gasteiger partial charge in [-0.25, -0.2) is 8.42 Å². The lowest BCUT2D eigenvalue weighted by Gasteiger charge is -2.29. The molecule has 1 aliphatic carbocycles. The molecule has 1 aliphatic rings. The summed E-state index contributed by atoms with van der Waals surface area (Å²) in [6.45, 7) is 0. The first-order chi connectivity index (χ1) is 10.00. The smallest absolute Gasteiger partial charge is 0.184 e. The Morgan fingerprint density at radius 2 is 1.71 bits per heavy atom. The second kappa shape index (κ2) is 5.55. The standard InChI is InChI=1S/C16H15BrO3S/c17-12-6-8-13(9-7-12)21(19,20)15-10-5-11-3-1-2-4-14(11)16(15)18/h1-4,6-9,15-16,18H,5,10H2. The van der Waals surface area contributed by atoms with Crippen molar-refractivity contribution >= 4 is 25.8 Å². The molecule has 2 unspecified atom stereocenters. The summed E-state index contributed by atoms with van der Waals surface area (Å²) in [6, 6.07) is 14.1. The maximum absolute atomic E-state index is 12.7. The zero-order valence-electron chi connectivity index (χ0n) is 11.2. The molecule has 0 aliphatic heterocycles. The molecule has 5 heteroatoms. The molecule has 0 spiro atoms. The zero-order valence-corrected chi connectivity index (χ0v) is 13.6. The first kappa shape index (κ1) is 14.8. The maximum Gasteiger partial charge on any atom is 0.184 e. The van der Waals surface area contributed by atoms with Gasteiger partial charge >= 0.3 is 0 Å². The van der Waals surface area contributed by atoms with Gasteiger partial charge in [-0.2, -0.15) is 0 Å². The van der Waals surface area contributed by atoms with Crippen LogP contribution in [0.5, 0.6) is 0 Å². The molecule has 1 N–H and O–H groups in total. The van der Waals surface area contributed by atoms with Crippen molar-refractivity contribution in [1.82, 2.24) is 0 Å². The van der Waals surface area contributed by atoms with Gasteiger partial charge in [0.15, 0.2) is 9.84 Å². The molecule has 0 bridgehead atoms. The van der Waals surface area contributed by atoms with Crippen LogP contribution in [0.1, 0.15) is 23.7 Å². The van der Waals surface area contributed by atoms with Crippen molar-refractivity contribution in [2.24, 2.45) is 0 Å². The molecule has 0 radical (unpaired) electrons. The second-order valence-electron chi connectivity index (χ2n) is 5.22. The molecular weight excluding hydrogens is 352 g/mol. The minimum Gasteiger partial charge on any atom is -0.387 e. The maximum atomic E-state index is 12.7. The molecule has 0 amide bonds. The Kier molecular flexibility index (Phi) is 3.90. The summed E-state index contributed by atoms with van der Waals surface area (Å²) in [4.78, 5) is 0.258. The molecule has 2 aromatic carbocycles. The number of aliphatic hydroxyl groups excluding tert-OH is 1. The van der Waals surface area contributed by atoms with Gasteiger partial charge in [0.2, 0.25) is 0 Å². The minimum absolute atomic E-state index is 0.258. The van der Waals surface area contributed by atoms with E-state index in [-0.39, 0.29) is 4.90 Å². The molecule has 0 saturated carbocycles. The van der Waals surface area contributed by atoms with E-state index in [0.29, 0.717) is 12.8 Å². The van der Waals surface area contributed by atoms with Gasteiger partial charge in [0.25, 0.3) is 0 Å². The van der Waals surface area contributed by atoms with Crippen LogP contribution in [0.4, 0.5) is 0 Å². The Balaban J connectivity index is 1.99. The Labute approximate surface area is 132 Å². The highest BCUT2D eigenvalue weighted by molar-refractivity contribution is 9.10. The van der Waals surface area contributed by atoms with Crippen LogP contribution in [0, 0.1) is 0 Å². The van der Waals surface area contributed by atoms with Crippen molar-refractivity contribution < 1.29 is 13.5 Å². The average molecular weight is 367 g/mol. The third kappa shape index (κ3) is 2.65. The first-order valence-electron chi connectivity index (χ1n) is 6.75. The van der Waals surface area contributed by atoms with Crippen molar-refractivity contribution in [3.05, 3.63) is 64.1 Å². The van der Waals surface area contributed by atoms with Crippen molar-refractivity contribution in [2.45, 2.75) is 29.1 Å². The minimum atomic E-state index is -3.54. The topological polar surface area (TPSA) is 54.4 Å². The number of hydrogen-bond acceptors (Lipinski definition) is 3. The van der Waals surface area contributed by atoms with E-state index in [1.54, 1.807) is 24.3 Å². The average Bonchev–Trinajstić information content (AvgIpc) is 2.48. The Morgan fingerprint density at radius 1 is 1.05 bits per heavy atom. The molecule has 21 heavy (non-hydrogen) atoms.